The molecule has 3 unspecified atom stereocenters. The number of nitrogens with one attached hydrogen (secondary N) is 4. The molecule has 3 atom stereocenters. The SMILES string of the molecule is CC[N+](CC)CCC1NC(N)CCNNCC(CCN)N1. The standard InChI is InChI=1S/C14H35N7/c1-3-21(4-2)10-7-14-19-12(5-8-15)11-18-17-9-6-13(16)20-14/h12-14,17-20H,3-11,15-16H2,1-2H3/q+1. The maximum atomic E-state index is 6.15. The molecule has 0 bridgehead atoms. The second kappa shape index (κ2) is 11.3. The highest BCUT2D eigenvalue weighted by molar-refractivity contribution is 4.79. The molecule has 125 valence electrons. The Morgan fingerprint density at radius 2 is 1.86 bits per heavy atom. The normalized spacial score (nSPS) is 28.7. The van der Waals surface area contributed by atoms with Gasteiger partial charge in [0.25, 0.3) is 0 Å². The summed E-state index contributed by atoms with van der Waals surface area (Å²) in [6, 6.07) is 0.349. The van der Waals surface area contributed by atoms with Crippen molar-refractivity contribution < 1.29 is 0 Å². The minimum absolute atomic E-state index is 0.00475. The van der Waals surface area contributed by atoms with Crippen LogP contribution in [0.2, 0.25) is 0 Å². The molecular formula is C14H35N7+. The van der Waals surface area contributed by atoms with E-state index in [1.165, 1.54) is 0 Å². The topological polar surface area (TPSA) is 106 Å². The molecule has 1 saturated heterocycles. The molecule has 1 aliphatic heterocycles. The van der Waals surface area contributed by atoms with Gasteiger partial charge in [0.1, 0.15) is 19.6 Å². The maximum absolute atomic E-state index is 6.15. The first-order valence-electron chi connectivity index (χ1n) is 8.35. The van der Waals surface area contributed by atoms with E-state index in [4.69, 9.17) is 11.5 Å². The Bertz CT molecular complexity index is 247. The number of hydrazine groups is 1. The molecule has 0 saturated carbocycles. The summed E-state index contributed by atoms with van der Waals surface area (Å²) < 4.78 is 0. The van der Waals surface area contributed by atoms with Crippen molar-refractivity contribution >= 4 is 0 Å². The molecule has 0 spiro atoms. The van der Waals surface area contributed by atoms with Gasteiger partial charge in [0.05, 0.1) is 12.3 Å². The fourth-order valence-corrected chi connectivity index (χ4v) is 2.65. The summed E-state index contributed by atoms with van der Waals surface area (Å²) in [7, 11) is 0. The van der Waals surface area contributed by atoms with E-state index in [1.807, 2.05) is 0 Å². The maximum Gasteiger partial charge on any atom is 0.125 e. The van der Waals surface area contributed by atoms with Gasteiger partial charge in [-0.3, -0.25) is 21.5 Å². The molecule has 0 aromatic carbocycles. The van der Waals surface area contributed by atoms with Crippen LogP contribution in [0.1, 0.15) is 33.1 Å². The van der Waals surface area contributed by atoms with Gasteiger partial charge in [0.2, 0.25) is 0 Å². The zero-order valence-corrected chi connectivity index (χ0v) is 13.7. The predicted molar refractivity (Wildman–Crippen MR) is 88.8 cm³/mol. The van der Waals surface area contributed by atoms with Crippen molar-refractivity contribution in [2.24, 2.45) is 11.5 Å². The van der Waals surface area contributed by atoms with Gasteiger partial charge in [0, 0.05) is 25.6 Å². The lowest BCUT2D eigenvalue weighted by Gasteiger charge is -2.31. The van der Waals surface area contributed by atoms with Crippen LogP contribution in [0.3, 0.4) is 0 Å². The third kappa shape index (κ3) is 8.06. The molecule has 0 aromatic rings. The van der Waals surface area contributed by atoms with E-state index in [0.29, 0.717) is 12.6 Å². The summed E-state index contributed by atoms with van der Waals surface area (Å²) in [5, 5.41) is 7.17. The van der Waals surface area contributed by atoms with Crippen molar-refractivity contribution in [2.75, 3.05) is 39.3 Å². The third-order valence-electron chi connectivity index (χ3n) is 4.05. The van der Waals surface area contributed by atoms with Crippen LogP contribution >= 0.6 is 0 Å². The lowest BCUT2D eigenvalue weighted by atomic mass is 10.1. The first-order chi connectivity index (χ1) is 10.2. The molecule has 1 fully saturated rings. The van der Waals surface area contributed by atoms with Gasteiger partial charge >= 0.3 is 0 Å². The van der Waals surface area contributed by atoms with E-state index >= 15 is 0 Å². The Labute approximate surface area is 129 Å². The molecule has 1 radical (unpaired) electrons. The fourth-order valence-electron chi connectivity index (χ4n) is 2.65. The van der Waals surface area contributed by atoms with Gasteiger partial charge in [-0.2, -0.15) is 4.90 Å². The van der Waals surface area contributed by atoms with E-state index in [9.17, 15) is 0 Å². The Morgan fingerprint density at radius 1 is 1.10 bits per heavy atom. The van der Waals surface area contributed by atoms with Crippen LogP contribution in [0.5, 0.6) is 0 Å². The highest BCUT2D eigenvalue weighted by Gasteiger charge is 2.21. The van der Waals surface area contributed by atoms with E-state index in [-0.39, 0.29) is 12.3 Å². The third-order valence-corrected chi connectivity index (χ3v) is 4.05. The van der Waals surface area contributed by atoms with Gasteiger partial charge < -0.3 is 11.5 Å². The number of hydrogen-bond acceptors (Lipinski definition) is 7. The van der Waals surface area contributed by atoms with Gasteiger partial charge in [-0.25, -0.2) is 0 Å². The summed E-state index contributed by atoms with van der Waals surface area (Å²) in [6.07, 6.45) is 3.14. The van der Waals surface area contributed by atoms with Crippen LogP contribution in [0, 0.1) is 0 Å². The van der Waals surface area contributed by atoms with E-state index in [1.54, 1.807) is 0 Å². The summed E-state index contributed by atoms with van der Waals surface area (Å²) in [4.78, 5) is 2.44. The van der Waals surface area contributed by atoms with Crippen molar-refractivity contribution in [1.82, 2.24) is 26.4 Å². The van der Waals surface area contributed by atoms with Crippen LogP contribution in [0.25, 0.3) is 0 Å². The van der Waals surface area contributed by atoms with Gasteiger partial charge in [-0.1, -0.05) is 0 Å². The molecule has 7 heteroatoms. The number of nitrogens with zero attached hydrogens (tertiary/aromatic N) is 1. The van der Waals surface area contributed by atoms with Crippen LogP contribution in [-0.2, 0) is 0 Å². The highest BCUT2D eigenvalue weighted by Crippen LogP contribution is 1.99. The Balaban J connectivity index is 2.54. The fraction of sp³-hybridized carbons (Fsp3) is 1.00. The largest absolute Gasteiger partial charge is 0.330 e. The molecule has 1 rings (SSSR count). The van der Waals surface area contributed by atoms with Crippen molar-refractivity contribution in [3.05, 3.63) is 0 Å². The summed E-state index contributed by atoms with van der Waals surface area (Å²) in [5.74, 6) is 0. The van der Waals surface area contributed by atoms with Crippen molar-refractivity contribution in [3.63, 3.8) is 0 Å². The number of nitrogens with two attached hydrogens (primary N) is 2. The van der Waals surface area contributed by atoms with Gasteiger partial charge in [-0.05, 0) is 33.2 Å². The molecule has 0 amide bonds. The van der Waals surface area contributed by atoms with Gasteiger partial charge in [-0.15, -0.1) is 0 Å². The number of hydrogen-bond donors (Lipinski definition) is 6. The molecule has 1 heterocycles. The molecule has 0 aromatic heterocycles. The minimum atomic E-state index is 0.00475. The average Bonchev–Trinajstić information content (AvgIpc) is 2.47. The molecule has 21 heavy (non-hydrogen) atoms. The second-order valence-electron chi connectivity index (χ2n) is 5.68. The quantitative estimate of drug-likeness (QED) is 0.322. The average molecular weight is 301 g/mol. The van der Waals surface area contributed by atoms with E-state index < -0.39 is 0 Å². The molecule has 1 aliphatic rings. The molecule has 8 N–H and O–H groups in total. The van der Waals surface area contributed by atoms with E-state index in [0.717, 1.165) is 52.0 Å². The lowest BCUT2D eigenvalue weighted by Crippen LogP contribution is -2.59. The van der Waals surface area contributed by atoms with Crippen LogP contribution in [-0.4, -0.2) is 57.6 Å². The highest BCUT2D eigenvalue weighted by atomic mass is 15.4. The minimum Gasteiger partial charge on any atom is -0.330 e. The van der Waals surface area contributed by atoms with Crippen molar-refractivity contribution in [1.29, 1.82) is 0 Å². The Kier molecular flexibility index (Phi) is 10.1. The van der Waals surface area contributed by atoms with Crippen molar-refractivity contribution in [2.45, 2.75) is 51.5 Å². The monoisotopic (exact) mass is 301 g/mol. The second-order valence-corrected chi connectivity index (χ2v) is 5.68. The van der Waals surface area contributed by atoms with Crippen molar-refractivity contribution in [3.8, 4) is 0 Å². The zero-order valence-electron chi connectivity index (χ0n) is 13.7. The Hall–Kier alpha value is -0.280. The zero-order chi connectivity index (χ0) is 15.5. The molecule has 0 aliphatic carbocycles. The Morgan fingerprint density at radius 3 is 2.52 bits per heavy atom. The smallest absolute Gasteiger partial charge is 0.125 e. The van der Waals surface area contributed by atoms with Crippen LogP contribution in [0.4, 0.5) is 0 Å². The van der Waals surface area contributed by atoms with Crippen LogP contribution in [0.15, 0.2) is 0 Å². The van der Waals surface area contributed by atoms with Crippen LogP contribution < -0.4 is 37.9 Å². The number of rotatable bonds is 7. The van der Waals surface area contributed by atoms with Gasteiger partial charge in [0.15, 0.2) is 0 Å². The predicted octanol–water partition coefficient (Wildman–Crippen LogP) is -1.44. The summed E-state index contributed by atoms with van der Waals surface area (Å²) in [5.41, 5.74) is 18.3. The van der Waals surface area contributed by atoms with E-state index in [2.05, 4.69) is 40.2 Å². The lowest BCUT2D eigenvalue weighted by molar-refractivity contribution is 0.265. The first-order valence-corrected chi connectivity index (χ1v) is 8.35. The summed E-state index contributed by atoms with van der Waals surface area (Å²) in [6.45, 7) is 10.1. The first kappa shape index (κ1) is 18.8. The molecule has 7 nitrogen and oxygen atoms in total. The molecular weight excluding hydrogens is 266 g/mol. The summed E-state index contributed by atoms with van der Waals surface area (Å²) >= 11 is 0.